The fourth-order valence-electron chi connectivity index (χ4n) is 2.03. The van der Waals surface area contributed by atoms with Crippen molar-refractivity contribution in [2.24, 2.45) is 0 Å². The molecule has 74 valence electrons. The summed E-state index contributed by atoms with van der Waals surface area (Å²) >= 11 is 0. The summed E-state index contributed by atoms with van der Waals surface area (Å²) in [6.45, 7) is 5.85. The van der Waals surface area contributed by atoms with Gasteiger partial charge in [-0.1, -0.05) is 0 Å². The van der Waals surface area contributed by atoms with Gasteiger partial charge in [0.25, 0.3) is 0 Å². The molecule has 13 heavy (non-hydrogen) atoms. The van der Waals surface area contributed by atoms with E-state index in [-0.39, 0.29) is 12.2 Å². The second-order valence-electron chi connectivity index (χ2n) is 4.11. The molecule has 0 unspecified atom stereocenters. The third kappa shape index (κ3) is 1.41. The van der Waals surface area contributed by atoms with Crippen molar-refractivity contribution in [2.75, 3.05) is 0 Å². The Morgan fingerprint density at radius 3 is 2.92 bits per heavy atom. The van der Waals surface area contributed by atoms with Crippen molar-refractivity contribution in [1.82, 2.24) is 0 Å². The first-order chi connectivity index (χ1) is 6.01. The predicted octanol–water partition coefficient (Wildman–Crippen LogP) is 1.22. The maximum Gasteiger partial charge on any atom is 0.188 e. The minimum atomic E-state index is -0.610. The zero-order valence-corrected chi connectivity index (χ0v) is 8.28. The maximum absolute atomic E-state index is 9.67. The third-order valence-corrected chi connectivity index (χ3v) is 2.88. The van der Waals surface area contributed by atoms with Gasteiger partial charge in [0, 0.05) is 6.42 Å². The van der Waals surface area contributed by atoms with Gasteiger partial charge in [-0.3, -0.25) is 0 Å². The summed E-state index contributed by atoms with van der Waals surface area (Å²) in [5, 5.41) is 9.67. The van der Waals surface area contributed by atoms with Crippen molar-refractivity contribution >= 4 is 0 Å². The second kappa shape index (κ2) is 2.80. The Kier molecular flexibility index (Phi) is 1.98. The molecule has 1 N–H and O–H groups in total. The summed E-state index contributed by atoms with van der Waals surface area (Å²) in [5.74, 6) is -0.610. The first-order valence-corrected chi connectivity index (χ1v) is 4.74. The molecule has 4 atom stereocenters. The molecule has 2 heterocycles. The van der Waals surface area contributed by atoms with Crippen LogP contribution in [0.1, 0.15) is 27.2 Å². The van der Waals surface area contributed by atoms with Gasteiger partial charge in [0.15, 0.2) is 5.79 Å². The predicted molar refractivity (Wildman–Crippen MR) is 48.2 cm³/mol. The SMILES string of the molecule is CC1=C[C@@H](O)[C@H]2C[C@H](C)O[C@]1(C)O2. The molecule has 3 heteroatoms. The number of fused-ring (bicyclic) bond motifs is 2. The van der Waals surface area contributed by atoms with Gasteiger partial charge in [-0.2, -0.15) is 0 Å². The van der Waals surface area contributed by atoms with E-state index in [0.717, 1.165) is 12.0 Å². The topological polar surface area (TPSA) is 38.7 Å². The Morgan fingerprint density at radius 1 is 1.54 bits per heavy atom. The lowest BCUT2D eigenvalue weighted by atomic mass is 9.94. The molecule has 2 rings (SSSR count). The molecule has 0 aromatic rings. The van der Waals surface area contributed by atoms with Gasteiger partial charge in [0.05, 0.1) is 18.3 Å². The molecule has 2 aliphatic rings. The Bertz CT molecular complexity index is 249. The van der Waals surface area contributed by atoms with E-state index in [0.29, 0.717) is 0 Å². The molecule has 3 nitrogen and oxygen atoms in total. The van der Waals surface area contributed by atoms with Crippen LogP contribution in [0.4, 0.5) is 0 Å². The number of hydrogen-bond acceptors (Lipinski definition) is 3. The van der Waals surface area contributed by atoms with Gasteiger partial charge in [-0.05, 0) is 32.4 Å². The fraction of sp³-hybridized carbons (Fsp3) is 0.800. The van der Waals surface area contributed by atoms with E-state index in [9.17, 15) is 5.11 Å². The minimum Gasteiger partial charge on any atom is -0.386 e. The molecule has 0 spiro atoms. The van der Waals surface area contributed by atoms with E-state index in [1.807, 2.05) is 26.8 Å². The molecule has 1 saturated heterocycles. The first-order valence-electron chi connectivity index (χ1n) is 4.74. The van der Waals surface area contributed by atoms with Crippen LogP contribution in [-0.4, -0.2) is 29.2 Å². The van der Waals surface area contributed by atoms with Crippen LogP contribution in [0.5, 0.6) is 0 Å². The largest absolute Gasteiger partial charge is 0.386 e. The van der Waals surface area contributed by atoms with E-state index in [1.165, 1.54) is 0 Å². The molecule has 0 aromatic heterocycles. The van der Waals surface area contributed by atoms with Crippen molar-refractivity contribution < 1.29 is 14.6 Å². The van der Waals surface area contributed by atoms with Crippen molar-refractivity contribution in [3.8, 4) is 0 Å². The van der Waals surface area contributed by atoms with Crippen molar-refractivity contribution in [2.45, 2.75) is 51.3 Å². The summed E-state index contributed by atoms with van der Waals surface area (Å²) in [5.41, 5.74) is 0.961. The highest BCUT2D eigenvalue weighted by atomic mass is 16.7. The second-order valence-corrected chi connectivity index (χ2v) is 4.11. The lowest BCUT2D eigenvalue weighted by Gasteiger charge is -2.46. The third-order valence-electron chi connectivity index (χ3n) is 2.88. The highest BCUT2D eigenvalue weighted by Gasteiger charge is 2.44. The summed E-state index contributed by atoms with van der Waals surface area (Å²) in [7, 11) is 0. The molecule has 0 aromatic carbocycles. The summed E-state index contributed by atoms with van der Waals surface area (Å²) in [6.07, 6.45) is 2.18. The van der Waals surface area contributed by atoms with E-state index < -0.39 is 11.9 Å². The van der Waals surface area contributed by atoms with E-state index in [4.69, 9.17) is 9.47 Å². The smallest absolute Gasteiger partial charge is 0.188 e. The Balaban J connectivity index is 2.32. The minimum absolute atomic E-state index is 0.0996. The van der Waals surface area contributed by atoms with Crippen LogP contribution < -0.4 is 0 Å². The summed E-state index contributed by atoms with van der Waals surface area (Å²) in [4.78, 5) is 0. The Morgan fingerprint density at radius 2 is 2.23 bits per heavy atom. The Labute approximate surface area is 78.3 Å². The fourth-order valence-corrected chi connectivity index (χ4v) is 2.03. The number of rotatable bonds is 0. The van der Waals surface area contributed by atoms with Crippen LogP contribution in [0.2, 0.25) is 0 Å². The lowest BCUT2D eigenvalue weighted by molar-refractivity contribution is -0.303. The summed E-state index contributed by atoms with van der Waals surface area (Å²) < 4.78 is 11.4. The molecule has 0 aliphatic carbocycles. The molecule has 0 radical (unpaired) electrons. The van der Waals surface area contributed by atoms with Crippen molar-refractivity contribution in [3.05, 3.63) is 11.6 Å². The van der Waals surface area contributed by atoms with Gasteiger partial charge < -0.3 is 14.6 Å². The lowest BCUT2D eigenvalue weighted by Crippen LogP contribution is -2.53. The zero-order valence-electron chi connectivity index (χ0n) is 8.28. The first kappa shape index (κ1) is 9.19. The quantitative estimate of drug-likeness (QED) is 0.575. The highest BCUT2D eigenvalue weighted by Crippen LogP contribution is 2.37. The van der Waals surface area contributed by atoms with Crippen LogP contribution >= 0.6 is 0 Å². The van der Waals surface area contributed by atoms with Gasteiger partial charge in [-0.25, -0.2) is 0 Å². The molecule has 2 bridgehead atoms. The number of aliphatic hydroxyl groups excluding tert-OH is 1. The number of hydrogen-bond donors (Lipinski definition) is 1. The molecular weight excluding hydrogens is 168 g/mol. The van der Waals surface area contributed by atoms with Crippen LogP contribution in [0, 0.1) is 0 Å². The molecule has 1 fully saturated rings. The van der Waals surface area contributed by atoms with Gasteiger partial charge in [0.1, 0.15) is 0 Å². The zero-order chi connectivity index (χ0) is 9.64. The molecule has 0 amide bonds. The molecule has 2 aliphatic heterocycles. The van der Waals surface area contributed by atoms with Crippen LogP contribution in [0.3, 0.4) is 0 Å². The van der Waals surface area contributed by atoms with Gasteiger partial charge >= 0.3 is 0 Å². The maximum atomic E-state index is 9.67. The van der Waals surface area contributed by atoms with Crippen LogP contribution in [0.25, 0.3) is 0 Å². The standard InChI is InChI=1S/C10H16O3/c1-6-4-8(11)9-5-7(2)12-10(6,3)13-9/h4,7-9,11H,5H2,1-3H3/t7-,8+,9+,10+/m0/s1. The van der Waals surface area contributed by atoms with Gasteiger partial charge in [-0.15, -0.1) is 0 Å². The number of aliphatic hydroxyl groups is 1. The average molecular weight is 184 g/mol. The Hall–Kier alpha value is -0.380. The molecular formula is C10H16O3. The van der Waals surface area contributed by atoms with Gasteiger partial charge in [0.2, 0.25) is 0 Å². The van der Waals surface area contributed by atoms with E-state index >= 15 is 0 Å². The van der Waals surface area contributed by atoms with Crippen molar-refractivity contribution in [1.29, 1.82) is 0 Å². The molecule has 0 saturated carbocycles. The monoisotopic (exact) mass is 184 g/mol. The van der Waals surface area contributed by atoms with E-state index in [2.05, 4.69) is 0 Å². The van der Waals surface area contributed by atoms with Crippen molar-refractivity contribution in [3.63, 3.8) is 0 Å². The van der Waals surface area contributed by atoms with Crippen LogP contribution in [-0.2, 0) is 9.47 Å². The normalized spacial score (nSPS) is 50.2. The van der Waals surface area contributed by atoms with Crippen LogP contribution in [0.15, 0.2) is 11.6 Å². The summed E-state index contributed by atoms with van der Waals surface area (Å²) in [6, 6.07) is 0. The highest BCUT2D eigenvalue weighted by molar-refractivity contribution is 5.17. The number of ether oxygens (including phenoxy) is 2. The average Bonchev–Trinajstić information content (AvgIpc) is 2.00. The van der Waals surface area contributed by atoms with E-state index in [1.54, 1.807) is 0 Å².